The first-order valence-corrected chi connectivity index (χ1v) is 7.49. The van der Waals surface area contributed by atoms with E-state index in [4.69, 9.17) is 11.6 Å². The Hall–Kier alpha value is -1.68. The molecule has 5 heteroatoms. The van der Waals surface area contributed by atoms with Crippen LogP contribution in [0.4, 0.5) is 10.2 Å². The van der Waals surface area contributed by atoms with E-state index in [1.165, 1.54) is 12.1 Å². The highest BCUT2D eigenvalue weighted by atomic mass is 35.5. The van der Waals surface area contributed by atoms with Crippen LogP contribution < -0.4 is 5.32 Å². The number of aryl methyl sites for hydroxylation is 1. The Morgan fingerprint density at radius 3 is 2.62 bits per heavy atom. The lowest BCUT2D eigenvalue weighted by Gasteiger charge is -2.15. The van der Waals surface area contributed by atoms with Crippen LogP contribution in [0.2, 0.25) is 5.15 Å². The quantitative estimate of drug-likeness (QED) is 0.810. The molecule has 1 atom stereocenters. The Labute approximate surface area is 129 Å². The van der Waals surface area contributed by atoms with Gasteiger partial charge in [0.2, 0.25) is 0 Å². The molecule has 0 amide bonds. The number of halogens is 2. The fourth-order valence-electron chi connectivity index (χ4n) is 2.15. The van der Waals surface area contributed by atoms with Gasteiger partial charge in [-0.15, -0.1) is 0 Å². The Balaban J connectivity index is 2.01. The van der Waals surface area contributed by atoms with E-state index in [9.17, 15) is 4.39 Å². The minimum Gasteiger partial charge on any atom is -0.367 e. The maximum atomic E-state index is 12.9. The van der Waals surface area contributed by atoms with Crippen molar-refractivity contribution < 1.29 is 4.39 Å². The first-order chi connectivity index (χ1) is 10.1. The Morgan fingerprint density at radius 2 is 1.95 bits per heavy atom. The summed E-state index contributed by atoms with van der Waals surface area (Å²) in [5, 5.41) is 3.76. The van der Waals surface area contributed by atoms with Crippen molar-refractivity contribution >= 4 is 17.4 Å². The van der Waals surface area contributed by atoms with Gasteiger partial charge in [0, 0.05) is 18.5 Å². The summed E-state index contributed by atoms with van der Waals surface area (Å²) in [6.07, 6.45) is 2.57. The number of anilines is 1. The summed E-state index contributed by atoms with van der Waals surface area (Å²) in [5.41, 5.74) is 1.07. The fraction of sp³-hybridized carbons (Fsp3) is 0.375. The highest BCUT2D eigenvalue weighted by Crippen LogP contribution is 2.15. The molecule has 112 valence electrons. The molecule has 2 rings (SSSR count). The summed E-state index contributed by atoms with van der Waals surface area (Å²) in [4.78, 5) is 8.65. The third kappa shape index (κ3) is 4.97. The van der Waals surface area contributed by atoms with Crippen molar-refractivity contribution in [2.75, 3.05) is 5.32 Å². The van der Waals surface area contributed by atoms with E-state index in [-0.39, 0.29) is 11.9 Å². The lowest BCUT2D eigenvalue weighted by atomic mass is 10.1. The molecule has 0 fully saturated rings. The summed E-state index contributed by atoms with van der Waals surface area (Å²) >= 11 is 6.01. The van der Waals surface area contributed by atoms with Crippen LogP contribution in [0.5, 0.6) is 0 Å². The number of hydrogen-bond donors (Lipinski definition) is 1. The molecular formula is C16H19ClFN3. The predicted octanol–water partition coefficient (Wildman–Crippen LogP) is 4.26. The van der Waals surface area contributed by atoms with Crippen LogP contribution in [0.15, 0.2) is 30.3 Å². The summed E-state index contributed by atoms with van der Waals surface area (Å²) in [6.45, 7) is 4.13. The second-order valence-electron chi connectivity index (χ2n) is 5.12. The summed E-state index contributed by atoms with van der Waals surface area (Å²) in [6, 6.07) is 8.43. The van der Waals surface area contributed by atoms with E-state index in [1.54, 1.807) is 18.2 Å². The van der Waals surface area contributed by atoms with Gasteiger partial charge in [-0.05, 0) is 37.5 Å². The SMILES string of the molecule is CCCc1nc(Cl)cc(NC(C)Cc2ccc(F)cc2)n1. The average Bonchev–Trinajstić information content (AvgIpc) is 2.41. The second kappa shape index (κ2) is 7.36. The molecular weight excluding hydrogens is 289 g/mol. The van der Waals surface area contributed by atoms with Gasteiger partial charge in [0.15, 0.2) is 0 Å². The lowest BCUT2D eigenvalue weighted by Crippen LogP contribution is -2.19. The number of rotatable bonds is 6. The molecule has 2 aromatic rings. The number of benzene rings is 1. The maximum Gasteiger partial charge on any atom is 0.134 e. The number of hydrogen-bond acceptors (Lipinski definition) is 3. The molecule has 0 aliphatic heterocycles. The van der Waals surface area contributed by atoms with Gasteiger partial charge in [-0.2, -0.15) is 0 Å². The number of nitrogens with one attached hydrogen (secondary N) is 1. The van der Waals surface area contributed by atoms with Crippen LogP contribution in [0.25, 0.3) is 0 Å². The molecule has 0 bridgehead atoms. The Bertz CT molecular complexity index is 587. The summed E-state index contributed by atoms with van der Waals surface area (Å²) < 4.78 is 12.9. The standard InChI is InChI=1S/C16H19ClFN3/c1-3-4-15-20-14(17)10-16(21-15)19-11(2)9-12-5-7-13(18)8-6-12/h5-8,10-11H,3-4,9H2,1-2H3,(H,19,20,21). The van der Waals surface area contributed by atoms with Crippen LogP contribution in [-0.2, 0) is 12.8 Å². The van der Waals surface area contributed by atoms with Gasteiger partial charge in [0.05, 0.1) is 0 Å². The van der Waals surface area contributed by atoms with Gasteiger partial charge >= 0.3 is 0 Å². The molecule has 0 spiro atoms. The predicted molar refractivity (Wildman–Crippen MR) is 84.2 cm³/mol. The normalized spacial score (nSPS) is 12.2. The Morgan fingerprint density at radius 1 is 1.24 bits per heavy atom. The molecule has 0 radical (unpaired) electrons. The zero-order valence-corrected chi connectivity index (χ0v) is 13.0. The first-order valence-electron chi connectivity index (χ1n) is 7.11. The van der Waals surface area contributed by atoms with Crippen LogP contribution in [-0.4, -0.2) is 16.0 Å². The van der Waals surface area contributed by atoms with Gasteiger partial charge in [-0.25, -0.2) is 14.4 Å². The maximum absolute atomic E-state index is 12.9. The van der Waals surface area contributed by atoms with E-state index >= 15 is 0 Å². The van der Waals surface area contributed by atoms with Crippen LogP contribution in [0, 0.1) is 5.82 Å². The summed E-state index contributed by atoms with van der Waals surface area (Å²) in [5.74, 6) is 1.26. The van der Waals surface area contributed by atoms with E-state index in [0.717, 1.165) is 36.5 Å². The van der Waals surface area contributed by atoms with Crippen molar-refractivity contribution in [1.29, 1.82) is 0 Å². The van der Waals surface area contributed by atoms with Gasteiger partial charge < -0.3 is 5.32 Å². The second-order valence-corrected chi connectivity index (χ2v) is 5.51. The largest absolute Gasteiger partial charge is 0.367 e. The molecule has 1 N–H and O–H groups in total. The summed E-state index contributed by atoms with van der Waals surface area (Å²) in [7, 11) is 0. The minimum absolute atomic E-state index is 0.163. The first kappa shape index (κ1) is 15.7. The zero-order valence-electron chi connectivity index (χ0n) is 12.2. The zero-order chi connectivity index (χ0) is 15.2. The van der Waals surface area contributed by atoms with Crippen LogP contribution in [0.3, 0.4) is 0 Å². The van der Waals surface area contributed by atoms with Crippen molar-refractivity contribution in [3.05, 3.63) is 52.7 Å². The van der Waals surface area contributed by atoms with Gasteiger partial charge in [0.25, 0.3) is 0 Å². The highest BCUT2D eigenvalue weighted by Gasteiger charge is 2.07. The van der Waals surface area contributed by atoms with Crippen LogP contribution >= 0.6 is 11.6 Å². The molecule has 1 aromatic carbocycles. The third-order valence-corrected chi connectivity index (χ3v) is 3.26. The van der Waals surface area contributed by atoms with Gasteiger partial charge in [0.1, 0.15) is 22.6 Å². The molecule has 3 nitrogen and oxygen atoms in total. The molecule has 0 saturated carbocycles. The van der Waals surface area contributed by atoms with E-state index in [2.05, 4.69) is 29.1 Å². The van der Waals surface area contributed by atoms with Crippen molar-refractivity contribution in [3.8, 4) is 0 Å². The molecule has 21 heavy (non-hydrogen) atoms. The van der Waals surface area contributed by atoms with Gasteiger partial charge in [-0.3, -0.25) is 0 Å². The van der Waals surface area contributed by atoms with Crippen molar-refractivity contribution in [2.24, 2.45) is 0 Å². The van der Waals surface area contributed by atoms with E-state index in [1.807, 2.05) is 0 Å². The third-order valence-electron chi connectivity index (χ3n) is 3.06. The monoisotopic (exact) mass is 307 g/mol. The minimum atomic E-state index is -0.217. The van der Waals surface area contributed by atoms with Gasteiger partial charge in [-0.1, -0.05) is 30.7 Å². The van der Waals surface area contributed by atoms with E-state index < -0.39 is 0 Å². The lowest BCUT2D eigenvalue weighted by molar-refractivity contribution is 0.626. The Kier molecular flexibility index (Phi) is 5.51. The molecule has 1 heterocycles. The van der Waals surface area contributed by atoms with Crippen molar-refractivity contribution in [3.63, 3.8) is 0 Å². The van der Waals surface area contributed by atoms with Crippen LogP contribution in [0.1, 0.15) is 31.7 Å². The molecule has 0 aliphatic carbocycles. The van der Waals surface area contributed by atoms with E-state index in [0.29, 0.717) is 5.15 Å². The smallest absolute Gasteiger partial charge is 0.134 e. The molecule has 1 aromatic heterocycles. The number of nitrogens with zero attached hydrogens (tertiary/aromatic N) is 2. The molecule has 0 aliphatic rings. The average molecular weight is 308 g/mol. The highest BCUT2D eigenvalue weighted by molar-refractivity contribution is 6.29. The molecule has 0 saturated heterocycles. The van der Waals surface area contributed by atoms with Crippen molar-refractivity contribution in [2.45, 2.75) is 39.2 Å². The number of aromatic nitrogens is 2. The fourth-order valence-corrected chi connectivity index (χ4v) is 2.35. The molecule has 1 unspecified atom stereocenters. The topological polar surface area (TPSA) is 37.8 Å². The van der Waals surface area contributed by atoms with Crippen molar-refractivity contribution in [1.82, 2.24) is 9.97 Å².